The van der Waals surface area contributed by atoms with Crippen molar-refractivity contribution in [2.75, 3.05) is 0 Å². The predicted octanol–water partition coefficient (Wildman–Crippen LogP) is 0.372. The number of rotatable bonds is 3. The molecule has 0 bridgehead atoms. The van der Waals surface area contributed by atoms with Crippen LogP contribution in [0.2, 0.25) is 5.28 Å². The Morgan fingerprint density at radius 3 is 2.75 bits per heavy atom. The number of carbonyl (C=O) groups excluding carboxylic acids is 1. The normalized spacial score (nSPS) is 10.4. The van der Waals surface area contributed by atoms with E-state index in [-0.39, 0.29) is 17.6 Å². The quantitative estimate of drug-likeness (QED) is 0.718. The minimum atomic E-state index is -0.0451. The summed E-state index contributed by atoms with van der Waals surface area (Å²) < 4.78 is 0. The van der Waals surface area contributed by atoms with Crippen LogP contribution in [-0.4, -0.2) is 36.0 Å². The molecule has 7 nitrogen and oxygen atoms in total. The zero-order valence-corrected chi connectivity index (χ0v) is 9.09. The Morgan fingerprint density at radius 1 is 1.44 bits per heavy atom. The van der Waals surface area contributed by atoms with Gasteiger partial charge in [0.25, 0.3) is 0 Å². The first kappa shape index (κ1) is 10.6. The minimum Gasteiger partial charge on any atom is -0.298 e. The van der Waals surface area contributed by atoms with Crippen LogP contribution in [0, 0.1) is 0 Å². The molecule has 0 saturated carbocycles. The standard InChI is InChI=1S/C8H7ClN6O/c1-5(16)4-15-13-7(12-14-15)6-2-10-8(9)11-3-6/h2-3H,4H2,1H3. The number of halogens is 1. The fraction of sp³-hybridized carbons (Fsp3) is 0.250. The Bertz CT molecular complexity index is 508. The van der Waals surface area contributed by atoms with Crippen molar-refractivity contribution in [1.82, 2.24) is 30.2 Å². The molecule has 0 saturated heterocycles. The van der Waals surface area contributed by atoms with E-state index in [1.165, 1.54) is 24.1 Å². The number of hydrogen-bond donors (Lipinski definition) is 0. The second-order valence-corrected chi connectivity index (χ2v) is 3.42. The molecule has 8 heteroatoms. The molecule has 0 aliphatic rings. The van der Waals surface area contributed by atoms with Gasteiger partial charge in [0.2, 0.25) is 11.1 Å². The predicted molar refractivity (Wildman–Crippen MR) is 54.5 cm³/mol. The number of tetrazole rings is 1. The van der Waals surface area contributed by atoms with Crippen molar-refractivity contribution in [1.29, 1.82) is 0 Å². The SMILES string of the molecule is CC(=O)Cn1nnc(-c2cnc(Cl)nc2)n1. The number of aromatic nitrogens is 6. The number of nitrogens with zero attached hydrogens (tertiary/aromatic N) is 6. The zero-order chi connectivity index (χ0) is 11.5. The first-order valence-corrected chi connectivity index (χ1v) is 4.78. The third kappa shape index (κ3) is 2.37. The molecule has 2 rings (SSSR count). The topological polar surface area (TPSA) is 86.5 Å². The molecule has 0 aliphatic heterocycles. The van der Waals surface area contributed by atoms with Crippen LogP contribution in [0.1, 0.15) is 6.92 Å². The van der Waals surface area contributed by atoms with E-state index in [9.17, 15) is 4.79 Å². The van der Waals surface area contributed by atoms with Crippen molar-refractivity contribution in [3.8, 4) is 11.4 Å². The van der Waals surface area contributed by atoms with Crippen molar-refractivity contribution in [2.45, 2.75) is 13.5 Å². The van der Waals surface area contributed by atoms with E-state index in [2.05, 4.69) is 25.4 Å². The summed E-state index contributed by atoms with van der Waals surface area (Å²) in [6, 6.07) is 0. The summed E-state index contributed by atoms with van der Waals surface area (Å²) >= 11 is 5.54. The maximum absolute atomic E-state index is 10.8. The zero-order valence-electron chi connectivity index (χ0n) is 8.33. The van der Waals surface area contributed by atoms with Crippen LogP contribution >= 0.6 is 11.6 Å². The average Bonchev–Trinajstić information content (AvgIpc) is 2.66. The van der Waals surface area contributed by atoms with Gasteiger partial charge >= 0.3 is 0 Å². The van der Waals surface area contributed by atoms with Crippen LogP contribution < -0.4 is 0 Å². The highest BCUT2D eigenvalue weighted by Gasteiger charge is 2.07. The number of hydrogen-bond acceptors (Lipinski definition) is 6. The van der Waals surface area contributed by atoms with Crippen molar-refractivity contribution < 1.29 is 4.79 Å². The van der Waals surface area contributed by atoms with E-state index in [1.54, 1.807) is 0 Å². The van der Waals surface area contributed by atoms with Gasteiger partial charge in [-0.05, 0) is 23.7 Å². The van der Waals surface area contributed by atoms with E-state index in [0.29, 0.717) is 11.4 Å². The third-order valence-corrected chi connectivity index (χ3v) is 1.89. The Hall–Kier alpha value is -1.89. The summed E-state index contributed by atoms with van der Waals surface area (Å²) in [5.41, 5.74) is 0.596. The van der Waals surface area contributed by atoms with Gasteiger partial charge in [-0.15, -0.1) is 10.2 Å². The first-order chi connectivity index (χ1) is 7.65. The molecule has 0 aliphatic carbocycles. The Morgan fingerprint density at radius 2 is 2.12 bits per heavy atom. The number of ketones is 1. The lowest BCUT2D eigenvalue weighted by atomic mass is 10.3. The maximum atomic E-state index is 10.8. The maximum Gasteiger partial charge on any atom is 0.222 e. The molecule has 2 aromatic rings. The molecule has 0 unspecified atom stereocenters. The monoisotopic (exact) mass is 238 g/mol. The lowest BCUT2D eigenvalue weighted by molar-refractivity contribution is -0.117. The highest BCUT2D eigenvalue weighted by Crippen LogP contribution is 2.11. The van der Waals surface area contributed by atoms with E-state index in [0.717, 1.165) is 0 Å². The molecule has 16 heavy (non-hydrogen) atoms. The molecule has 0 amide bonds. The van der Waals surface area contributed by atoms with Crippen LogP contribution in [0.5, 0.6) is 0 Å². The van der Waals surface area contributed by atoms with Gasteiger partial charge in [0.1, 0.15) is 6.54 Å². The molecule has 2 aromatic heterocycles. The Labute approximate surface area is 95.5 Å². The largest absolute Gasteiger partial charge is 0.298 e. The number of Topliss-reactive ketones (excluding diaryl/α,β-unsaturated/α-hetero) is 1. The summed E-state index contributed by atoms with van der Waals surface area (Å²) in [5, 5.41) is 11.7. The van der Waals surface area contributed by atoms with Crippen LogP contribution in [0.4, 0.5) is 0 Å². The summed E-state index contributed by atoms with van der Waals surface area (Å²) in [7, 11) is 0. The highest BCUT2D eigenvalue weighted by molar-refractivity contribution is 6.28. The fourth-order valence-corrected chi connectivity index (χ4v) is 1.15. The van der Waals surface area contributed by atoms with Crippen LogP contribution in [-0.2, 0) is 11.3 Å². The van der Waals surface area contributed by atoms with E-state index >= 15 is 0 Å². The van der Waals surface area contributed by atoms with Crippen molar-refractivity contribution in [3.63, 3.8) is 0 Å². The Kier molecular flexibility index (Phi) is 2.86. The smallest absolute Gasteiger partial charge is 0.222 e. The lowest BCUT2D eigenvalue weighted by Gasteiger charge is -1.93. The van der Waals surface area contributed by atoms with Gasteiger partial charge in [-0.25, -0.2) is 9.97 Å². The van der Waals surface area contributed by atoms with Crippen molar-refractivity contribution >= 4 is 17.4 Å². The van der Waals surface area contributed by atoms with Gasteiger partial charge in [0, 0.05) is 12.4 Å². The van der Waals surface area contributed by atoms with Gasteiger partial charge in [0.05, 0.1) is 5.56 Å². The molecular formula is C8H7ClN6O. The Balaban J connectivity index is 2.24. The lowest BCUT2D eigenvalue weighted by Crippen LogP contribution is -2.09. The number of carbonyl (C=O) groups is 1. The van der Waals surface area contributed by atoms with Gasteiger partial charge in [-0.1, -0.05) is 0 Å². The molecule has 82 valence electrons. The summed E-state index contributed by atoms with van der Waals surface area (Å²) in [6.45, 7) is 1.55. The average molecular weight is 239 g/mol. The summed E-state index contributed by atoms with van der Waals surface area (Å²) in [4.78, 5) is 19.6. The van der Waals surface area contributed by atoms with Crippen LogP contribution in [0.25, 0.3) is 11.4 Å². The van der Waals surface area contributed by atoms with E-state index in [1.807, 2.05) is 0 Å². The summed E-state index contributed by atoms with van der Waals surface area (Å²) in [6.07, 6.45) is 2.98. The van der Waals surface area contributed by atoms with Crippen molar-refractivity contribution in [3.05, 3.63) is 17.7 Å². The van der Waals surface area contributed by atoms with Gasteiger partial charge in [-0.2, -0.15) is 4.80 Å². The molecule has 0 fully saturated rings. The fourth-order valence-electron chi connectivity index (χ4n) is 1.05. The molecule has 0 aromatic carbocycles. The van der Waals surface area contributed by atoms with Gasteiger partial charge in [-0.3, -0.25) is 4.79 Å². The molecule has 2 heterocycles. The minimum absolute atomic E-state index is 0.0451. The van der Waals surface area contributed by atoms with Crippen molar-refractivity contribution in [2.24, 2.45) is 0 Å². The molecule has 0 N–H and O–H groups in total. The summed E-state index contributed by atoms with van der Waals surface area (Å²) in [5.74, 6) is 0.314. The highest BCUT2D eigenvalue weighted by atomic mass is 35.5. The molecule has 0 radical (unpaired) electrons. The van der Waals surface area contributed by atoms with Gasteiger partial charge < -0.3 is 0 Å². The van der Waals surface area contributed by atoms with E-state index < -0.39 is 0 Å². The molecular weight excluding hydrogens is 232 g/mol. The molecule has 0 atom stereocenters. The van der Waals surface area contributed by atoms with Gasteiger partial charge in [0.15, 0.2) is 5.78 Å². The molecule has 0 spiro atoms. The van der Waals surface area contributed by atoms with E-state index in [4.69, 9.17) is 11.6 Å². The second-order valence-electron chi connectivity index (χ2n) is 3.09. The van der Waals surface area contributed by atoms with Crippen LogP contribution in [0.3, 0.4) is 0 Å². The first-order valence-electron chi connectivity index (χ1n) is 4.40. The second kappa shape index (κ2) is 4.31. The third-order valence-electron chi connectivity index (χ3n) is 1.70. The van der Waals surface area contributed by atoms with Crippen LogP contribution in [0.15, 0.2) is 12.4 Å².